The Hall–Kier alpha value is -2.50. The van der Waals surface area contributed by atoms with Gasteiger partial charge in [-0.15, -0.1) is 24.8 Å². The summed E-state index contributed by atoms with van der Waals surface area (Å²) >= 11 is 0. The lowest BCUT2D eigenvalue weighted by atomic mass is 10.1. The van der Waals surface area contributed by atoms with Gasteiger partial charge in [0.25, 0.3) is 0 Å². The van der Waals surface area contributed by atoms with Crippen LogP contribution >= 0.6 is 24.8 Å². The van der Waals surface area contributed by atoms with Gasteiger partial charge in [0.2, 0.25) is 0 Å². The van der Waals surface area contributed by atoms with Crippen LogP contribution in [-0.4, -0.2) is 17.6 Å². The molecule has 3 N–H and O–H groups in total. The van der Waals surface area contributed by atoms with E-state index in [0.717, 1.165) is 40.9 Å². The van der Waals surface area contributed by atoms with Crippen molar-refractivity contribution in [2.75, 3.05) is 22.5 Å². The fourth-order valence-corrected chi connectivity index (χ4v) is 2.87. The van der Waals surface area contributed by atoms with Gasteiger partial charge in [0.15, 0.2) is 0 Å². The number of fused-ring (bicyclic) bond motifs is 2. The second-order valence-electron chi connectivity index (χ2n) is 5.50. The molecule has 0 saturated heterocycles. The molecule has 0 bridgehead atoms. The van der Waals surface area contributed by atoms with Crippen LogP contribution in [0, 0.1) is 0 Å². The highest BCUT2D eigenvalue weighted by Crippen LogP contribution is 2.26. The van der Waals surface area contributed by atoms with E-state index < -0.39 is 0 Å². The molecule has 0 radical (unpaired) electrons. The van der Waals surface area contributed by atoms with Gasteiger partial charge in [-0.3, -0.25) is 4.98 Å². The summed E-state index contributed by atoms with van der Waals surface area (Å²) in [4.78, 5) is 16.6. The van der Waals surface area contributed by atoms with E-state index in [1.54, 1.807) is 12.3 Å². The van der Waals surface area contributed by atoms with Crippen LogP contribution in [0.3, 0.4) is 0 Å². The van der Waals surface area contributed by atoms with Crippen LogP contribution in [0.5, 0.6) is 0 Å². The van der Waals surface area contributed by atoms with Crippen molar-refractivity contribution < 1.29 is 4.79 Å². The molecule has 1 aliphatic rings. The Morgan fingerprint density at radius 1 is 1.04 bits per heavy atom. The number of carbonyl (C=O) groups excluding carboxylic acids is 1. The lowest BCUT2D eigenvalue weighted by Gasteiger charge is -2.10. The van der Waals surface area contributed by atoms with Gasteiger partial charge in [-0.05, 0) is 42.3 Å². The Morgan fingerprint density at radius 3 is 2.76 bits per heavy atom. The molecule has 0 aliphatic carbocycles. The smallest absolute Gasteiger partial charge is 0.323 e. The number of benzene rings is 2. The van der Waals surface area contributed by atoms with E-state index in [4.69, 9.17) is 0 Å². The number of rotatable bonds is 2. The first-order valence-electron chi connectivity index (χ1n) is 7.58. The maximum absolute atomic E-state index is 12.3. The van der Waals surface area contributed by atoms with Gasteiger partial charge < -0.3 is 16.0 Å². The predicted octanol–water partition coefficient (Wildman–Crippen LogP) is 4.69. The second-order valence-corrected chi connectivity index (χ2v) is 5.50. The number of pyridine rings is 1. The fourth-order valence-electron chi connectivity index (χ4n) is 2.87. The minimum absolute atomic E-state index is 0. The molecular weight excluding hydrogens is 359 g/mol. The monoisotopic (exact) mass is 376 g/mol. The number of nitrogens with one attached hydrogen (secondary N) is 3. The molecule has 0 atom stereocenters. The highest BCUT2D eigenvalue weighted by Gasteiger charge is 2.11. The summed E-state index contributed by atoms with van der Waals surface area (Å²) < 4.78 is 0. The number of carbonyl (C=O) groups is 1. The first kappa shape index (κ1) is 18.8. The average molecular weight is 377 g/mol. The summed E-state index contributed by atoms with van der Waals surface area (Å²) in [7, 11) is 0. The molecular formula is C18H18Cl2N4O. The minimum Gasteiger partial charge on any atom is -0.384 e. The van der Waals surface area contributed by atoms with Crippen molar-refractivity contribution >= 4 is 58.8 Å². The van der Waals surface area contributed by atoms with Gasteiger partial charge in [0, 0.05) is 29.5 Å². The van der Waals surface area contributed by atoms with Gasteiger partial charge >= 0.3 is 6.03 Å². The Kier molecular flexibility index (Phi) is 6.07. The summed E-state index contributed by atoms with van der Waals surface area (Å²) in [5, 5.41) is 10.0. The zero-order valence-corrected chi connectivity index (χ0v) is 14.9. The van der Waals surface area contributed by atoms with E-state index in [1.165, 1.54) is 5.56 Å². The normalized spacial score (nSPS) is 11.5. The van der Waals surface area contributed by atoms with Crippen LogP contribution in [0.25, 0.3) is 10.9 Å². The Balaban J connectivity index is 0.00000113. The van der Waals surface area contributed by atoms with Gasteiger partial charge in [-0.25, -0.2) is 4.79 Å². The number of aromatic nitrogens is 1. The fraction of sp³-hybridized carbons (Fsp3) is 0.111. The lowest BCUT2D eigenvalue weighted by Crippen LogP contribution is -2.19. The van der Waals surface area contributed by atoms with E-state index in [1.807, 2.05) is 42.5 Å². The van der Waals surface area contributed by atoms with Gasteiger partial charge in [0.05, 0.1) is 11.2 Å². The molecule has 1 aliphatic heterocycles. The number of hydrogen-bond donors (Lipinski definition) is 3. The first-order chi connectivity index (χ1) is 11.3. The summed E-state index contributed by atoms with van der Waals surface area (Å²) in [5.41, 5.74) is 4.78. The summed E-state index contributed by atoms with van der Waals surface area (Å²) in [6.45, 7) is 0.952. The van der Waals surface area contributed by atoms with Crippen LogP contribution < -0.4 is 16.0 Å². The summed E-state index contributed by atoms with van der Waals surface area (Å²) in [5.74, 6) is 0. The Labute approximate surface area is 158 Å². The zero-order valence-electron chi connectivity index (χ0n) is 13.3. The number of para-hydroxylation sites is 1. The van der Waals surface area contributed by atoms with E-state index in [2.05, 4.69) is 20.9 Å². The topological polar surface area (TPSA) is 66.1 Å². The van der Waals surface area contributed by atoms with Crippen molar-refractivity contribution in [3.05, 3.63) is 60.3 Å². The molecule has 0 spiro atoms. The standard InChI is InChI=1S/C18H16N4O.2ClH/c23-18(21-13-5-6-15-12(11-13)7-9-19-15)22-17-8-10-20-16-4-2-1-3-14(16)17;;/h1-6,8,10-11,19H,7,9H2,(H2,20,21,22,23);2*1H. The molecule has 130 valence electrons. The minimum atomic E-state index is -0.257. The molecule has 2 amide bonds. The third-order valence-electron chi connectivity index (χ3n) is 3.97. The molecule has 25 heavy (non-hydrogen) atoms. The number of halogens is 2. The molecule has 1 aromatic heterocycles. The van der Waals surface area contributed by atoms with Crippen molar-refractivity contribution in [2.24, 2.45) is 0 Å². The molecule has 0 fully saturated rings. The lowest BCUT2D eigenvalue weighted by molar-refractivity contribution is 0.262. The van der Waals surface area contributed by atoms with Crippen LogP contribution in [-0.2, 0) is 6.42 Å². The highest BCUT2D eigenvalue weighted by atomic mass is 35.5. The predicted molar refractivity (Wildman–Crippen MR) is 108 cm³/mol. The maximum atomic E-state index is 12.3. The van der Waals surface area contributed by atoms with Crippen molar-refractivity contribution in [3.63, 3.8) is 0 Å². The third kappa shape index (κ3) is 3.95. The van der Waals surface area contributed by atoms with Crippen LogP contribution in [0.1, 0.15) is 5.56 Å². The molecule has 5 nitrogen and oxygen atoms in total. The maximum Gasteiger partial charge on any atom is 0.323 e. The molecule has 2 heterocycles. The Morgan fingerprint density at radius 2 is 1.88 bits per heavy atom. The SMILES string of the molecule is Cl.Cl.O=C(Nc1ccc2c(c1)CCN2)Nc1ccnc2ccccc12. The number of hydrogen-bond acceptors (Lipinski definition) is 3. The third-order valence-corrected chi connectivity index (χ3v) is 3.97. The van der Waals surface area contributed by atoms with Crippen molar-refractivity contribution in [1.82, 2.24) is 4.98 Å². The number of nitrogens with zero attached hydrogens (tertiary/aromatic N) is 1. The zero-order chi connectivity index (χ0) is 15.6. The molecule has 2 aromatic carbocycles. The van der Waals surface area contributed by atoms with Gasteiger partial charge in [-0.2, -0.15) is 0 Å². The molecule has 7 heteroatoms. The number of anilines is 3. The van der Waals surface area contributed by atoms with Crippen LogP contribution in [0.2, 0.25) is 0 Å². The summed E-state index contributed by atoms with van der Waals surface area (Å²) in [6, 6.07) is 15.2. The largest absolute Gasteiger partial charge is 0.384 e. The van der Waals surface area contributed by atoms with Crippen LogP contribution in [0.15, 0.2) is 54.7 Å². The Bertz CT molecular complexity index is 896. The molecule has 0 unspecified atom stereocenters. The van der Waals surface area contributed by atoms with Crippen molar-refractivity contribution in [3.8, 4) is 0 Å². The number of urea groups is 1. The average Bonchev–Trinajstić information content (AvgIpc) is 3.03. The van der Waals surface area contributed by atoms with E-state index in [0.29, 0.717) is 0 Å². The first-order valence-corrected chi connectivity index (χ1v) is 7.58. The van der Waals surface area contributed by atoms with Gasteiger partial charge in [-0.1, -0.05) is 18.2 Å². The van der Waals surface area contributed by atoms with E-state index >= 15 is 0 Å². The highest BCUT2D eigenvalue weighted by molar-refractivity contribution is 6.05. The number of amides is 2. The quantitative estimate of drug-likeness (QED) is 0.607. The molecule has 4 rings (SSSR count). The van der Waals surface area contributed by atoms with E-state index in [-0.39, 0.29) is 30.8 Å². The van der Waals surface area contributed by atoms with Crippen molar-refractivity contribution in [2.45, 2.75) is 6.42 Å². The van der Waals surface area contributed by atoms with Gasteiger partial charge in [0.1, 0.15) is 0 Å². The van der Waals surface area contributed by atoms with Crippen molar-refractivity contribution in [1.29, 1.82) is 0 Å². The molecule has 3 aromatic rings. The van der Waals surface area contributed by atoms with E-state index in [9.17, 15) is 4.79 Å². The summed E-state index contributed by atoms with van der Waals surface area (Å²) in [6.07, 6.45) is 2.68. The second kappa shape index (κ2) is 8.05. The van der Waals surface area contributed by atoms with Crippen LogP contribution in [0.4, 0.5) is 21.9 Å². The molecule has 0 saturated carbocycles.